The van der Waals surface area contributed by atoms with Crippen LogP contribution in [0.4, 0.5) is 0 Å². The number of hydrogen-bond acceptors (Lipinski definition) is 3. The van der Waals surface area contributed by atoms with E-state index in [-0.39, 0.29) is 0 Å². The molecule has 60 heavy (non-hydrogen) atoms. The van der Waals surface area contributed by atoms with Crippen molar-refractivity contribution in [2.75, 3.05) is 0 Å². The van der Waals surface area contributed by atoms with E-state index in [1.165, 1.54) is 77.0 Å². The maximum atomic E-state index is 5.07. The Kier molecular flexibility index (Phi) is 7.85. The van der Waals surface area contributed by atoms with Crippen LogP contribution in [-0.4, -0.2) is 15.0 Å². The number of nitrogens with zero attached hydrogens (tertiary/aromatic N) is 3. The van der Waals surface area contributed by atoms with E-state index < -0.39 is 0 Å². The fourth-order valence-corrected chi connectivity index (χ4v) is 9.10. The highest BCUT2D eigenvalue weighted by Crippen LogP contribution is 2.48. The van der Waals surface area contributed by atoms with Gasteiger partial charge in [0.1, 0.15) is 0 Å². The van der Waals surface area contributed by atoms with Crippen LogP contribution in [0.3, 0.4) is 0 Å². The molecule has 278 valence electrons. The molecule has 12 rings (SSSR count). The van der Waals surface area contributed by atoms with Gasteiger partial charge in [-0.25, -0.2) is 15.0 Å². The van der Waals surface area contributed by atoms with Crippen molar-refractivity contribution in [1.29, 1.82) is 0 Å². The maximum absolute atomic E-state index is 5.07. The van der Waals surface area contributed by atoms with Crippen LogP contribution in [0.5, 0.6) is 0 Å². The molecule has 0 N–H and O–H groups in total. The third-order valence-corrected chi connectivity index (χ3v) is 12.1. The first kappa shape index (κ1) is 34.1. The maximum Gasteiger partial charge on any atom is 0.164 e. The number of rotatable bonds is 6. The zero-order chi connectivity index (χ0) is 39.6. The van der Waals surface area contributed by atoms with Gasteiger partial charge in [-0.15, -0.1) is 0 Å². The summed E-state index contributed by atoms with van der Waals surface area (Å²) in [5, 5.41) is 7.40. The lowest BCUT2D eigenvalue weighted by atomic mass is 9.88. The summed E-state index contributed by atoms with van der Waals surface area (Å²) in [6.45, 7) is 0. The van der Waals surface area contributed by atoms with E-state index in [0.717, 1.165) is 27.6 Å². The van der Waals surface area contributed by atoms with Crippen molar-refractivity contribution < 1.29 is 0 Å². The van der Waals surface area contributed by atoms with Gasteiger partial charge in [-0.3, -0.25) is 0 Å². The van der Waals surface area contributed by atoms with Gasteiger partial charge in [0, 0.05) is 16.7 Å². The number of fused-ring (bicyclic) bond motifs is 5. The van der Waals surface area contributed by atoms with Crippen LogP contribution >= 0.6 is 0 Å². The summed E-state index contributed by atoms with van der Waals surface area (Å²) in [6, 6.07) is 76.0. The van der Waals surface area contributed by atoms with Crippen molar-refractivity contribution in [2.45, 2.75) is 0 Å². The van der Waals surface area contributed by atoms with Crippen molar-refractivity contribution >= 4 is 32.3 Å². The second-order valence-electron chi connectivity index (χ2n) is 15.6. The third-order valence-electron chi connectivity index (χ3n) is 12.1. The van der Waals surface area contributed by atoms with E-state index in [1.807, 2.05) is 30.3 Å². The molecule has 0 saturated carbocycles. The highest BCUT2D eigenvalue weighted by atomic mass is 15.0. The molecule has 1 aromatic heterocycles. The Labute approximate surface area is 348 Å². The molecule has 1 heterocycles. The standard InChI is InChI=1S/C57H35N3/c1-2-12-42(13-3-1)55-58-56(60-57(59-55)46-29-22-36-10-4-5-14-44(36)34-46)43-27-25-41(26-28-43)53-47-17-7-6-11-38(47)30-32-48(53)39-23-20-37(21-24-39)45-31-33-49-50-18-8-15-40-16-9-19-51(54(40)50)52(49)35-45/h1-35H. The number of benzene rings is 10. The van der Waals surface area contributed by atoms with E-state index in [0.29, 0.717) is 17.5 Å². The van der Waals surface area contributed by atoms with Crippen molar-refractivity contribution in [3.63, 3.8) is 0 Å². The average Bonchev–Trinajstić information content (AvgIpc) is 3.65. The monoisotopic (exact) mass is 761 g/mol. The SMILES string of the molecule is c1ccc(-c2nc(-c3ccc(-c4c(-c5ccc(-c6ccc7c(c6)-c6cccc8cccc-7c68)cc5)ccc5ccccc45)cc3)nc(-c3ccc4ccccc4c3)n2)cc1. The van der Waals surface area contributed by atoms with E-state index in [4.69, 9.17) is 15.0 Å². The van der Waals surface area contributed by atoms with E-state index >= 15 is 0 Å². The topological polar surface area (TPSA) is 38.7 Å². The Hall–Kier alpha value is -8.01. The summed E-state index contributed by atoms with van der Waals surface area (Å²) in [5.41, 5.74) is 15.2. The molecule has 0 radical (unpaired) electrons. The Morgan fingerprint density at radius 3 is 1.52 bits per heavy atom. The normalized spacial score (nSPS) is 11.7. The first-order valence-corrected chi connectivity index (χ1v) is 20.4. The van der Waals surface area contributed by atoms with Crippen molar-refractivity contribution in [3.8, 4) is 89.8 Å². The third kappa shape index (κ3) is 5.71. The van der Waals surface area contributed by atoms with Crippen LogP contribution in [0.15, 0.2) is 212 Å². The fraction of sp³-hybridized carbons (Fsp3) is 0. The molecule has 3 nitrogen and oxygen atoms in total. The molecule has 0 atom stereocenters. The molecule has 0 bridgehead atoms. The number of hydrogen-bond donors (Lipinski definition) is 0. The zero-order valence-corrected chi connectivity index (χ0v) is 32.5. The highest BCUT2D eigenvalue weighted by Gasteiger charge is 2.22. The summed E-state index contributed by atoms with van der Waals surface area (Å²) in [7, 11) is 0. The van der Waals surface area contributed by atoms with Gasteiger partial charge in [0.05, 0.1) is 0 Å². The summed E-state index contributed by atoms with van der Waals surface area (Å²) in [5.74, 6) is 1.94. The van der Waals surface area contributed by atoms with E-state index in [1.54, 1.807) is 0 Å². The first-order valence-electron chi connectivity index (χ1n) is 20.4. The van der Waals surface area contributed by atoms with Gasteiger partial charge in [0.15, 0.2) is 17.5 Å². The molecule has 0 amide bonds. The van der Waals surface area contributed by atoms with E-state index in [2.05, 4.69) is 182 Å². The molecule has 3 heteroatoms. The minimum Gasteiger partial charge on any atom is -0.208 e. The Bertz CT molecular complexity index is 3460. The summed E-state index contributed by atoms with van der Waals surface area (Å²) < 4.78 is 0. The molecular formula is C57H35N3. The van der Waals surface area contributed by atoms with E-state index in [9.17, 15) is 0 Å². The molecule has 1 aliphatic carbocycles. The van der Waals surface area contributed by atoms with Crippen LogP contribution < -0.4 is 0 Å². The van der Waals surface area contributed by atoms with Crippen LogP contribution in [0, 0.1) is 0 Å². The predicted molar refractivity (Wildman–Crippen MR) is 249 cm³/mol. The fourth-order valence-electron chi connectivity index (χ4n) is 9.10. The minimum absolute atomic E-state index is 0.638. The van der Waals surface area contributed by atoms with Crippen LogP contribution in [-0.2, 0) is 0 Å². The van der Waals surface area contributed by atoms with Crippen molar-refractivity contribution in [3.05, 3.63) is 212 Å². The smallest absolute Gasteiger partial charge is 0.164 e. The molecule has 0 fully saturated rings. The summed E-state index contributed by atoms with van der Waals surface area (Å²) >= 11 is 0. The molecule has 0 unspecified atom stereocenters. The highest BCUT2D eigenvalue weighted by molar-refractivity contribution is 6.15. The molecule has 1 aliphatic rings. The van der Waals surface area contributed by atoms with Gasteiger partial charge < -0.3 is 0 Å². The second-order valence-corrected chi connectivity index (χ2v) is 15.6. The van der Waals surface area contributed by atoms with Gasteiger partial charge in [-0.05, 0) is 100 Å². The van der Waals surface area contributed by atoms with Gasteiger partial charge in [0.25, 0.3) is 0 Å². The average molecular weight is 762 g/mol. The Morgan fingerprint density at radius 2 is 0.750 bits per heavy atom. The summed E-state index contributed by atoms with van der Waals surface area (Å²) in [4.78, 5) is 15.1. The first-order chi connectivity index (χ1) is 29.7. The van der Waals surface area contributed by atoms with Crippen LogP contribution in [0.1, 0.15) is 0 Å². The minimum atomic E-state index is 0.638. The molecule has 0 spiro atoms. The van der Waals surface area contributed by atoms with Crippen molar-refractivity contribution in [2.24, 2.45) is 0 Å². The quantitative estimate of drug-likeness (QED) is 0.169. The van der Waals surface area contributed by atoms with Gasteiger partial charge in [-0.1, -0.05) is 200 Å². The van der Waals surface area contributed by atoms with Gasteiger partial charge >= 0.3 is 0 Å². The lowest BCUT2D eigenvalue weighted by Crippen LogP contribution is -2.00. The number of aromatic nitrogens is 3. The Balaban J connectivity index is 0.922. The van der Waals surface area contributed by atoms with Gasteiger partial charge in [-0.2, -0.15) is 0 Å². The molecule has 0 aliphatic heterocycles. The molecule has 11 aromatic rings. The molecule has 10 aromatic carbocycles. The predicted octanol–water partition coefficient (Wildman–Crippen LogP) is 15.0. The summed E-state index contributed by atoms with van der Waals surface area (Å²) in [6.07, 6.45) is 0. The van der Waals surface area contributed by atoms with Crippen LogP contribution in [0.25, 0.3) is 122 Å². The Morgan fingerprint density at radius 1 is 0.233 bits per heavy atom. The molecule has 0 saturated heterocycles. The van der Waals surface area contributed by atoms with Gasteiger partial charge in [0.2, 0.25) is 0 Å². The molecular weight excluding hydrogens is 727 g/mol. The van der Waals surface area contributed by atoms with Crippen LogP contribution in [0.2, 0.25) is 0 Å². The zero-order valence-electron chi connectivity index (χ0n) is 32.5. The lowest BCUT2D eigenvalue weighted by molar-refractivity contribution is 1.07. The lowest BCUT2D eigenvalue weighted by Gasteiger charge is -2.15. The largest absolute Gasteiger partial charge is 0.208 e. The van der Waals surface area contributed by atoms with Crippen molar-refractivity contribution in [1.82, 2.24) is 15.0 Å². The second kappa shape index (κ2) is 13.8.